The van der Waals surface area contributed by atoms with Crippen LogP contribution in [0, 0.1) is 0 Å². The number of nitrogens with zero attached hydrogens (tertiary/aromatic N) is 2. The normalized spacial score (nSPS) is 10.9. The van der Waals surface area contributed by atoms with Crippen LogP contribution in [0.15, 0.2) is 114 Å². The molecule has 0 bridgehead atoms. The van der Waals surface area contributed by atoms with Crippen molar-refractivity contribution in [2.24, 2.45) is 0 Å². The minimum Gasteiger partial charge on any atom is -0.421 e. The van der Waals surface area contributed by atoms with Crippen molar-refractivity contribution < 1.29 is 4.42 Å². The lowest BCUT2D eigenvalue weighted by Crippen LogP contribution is -1.90. The highest BCUT2D eigenvalue weighted by atomic mass is 16.4. The van der Waals surface area contributed by atoms with Crippen LogP contribution in [0.5, 0.6) is 0 Å². The molecule has 0 saturated carbocycles. The summed E-state index contributed by atoms with van der Waals surface area (Å²) in [5.41, 5.74) is 7.12. The molecule has 0 aliphatic carbocycles. The van der Waals surface area contributed by atoms with Gasteiger partial charge >= 0.3 is 0 Å². The third-order valence-corrected chi connectivity index (χ3v) is 5.62. The van der Waals surface area contributed by atoms with Crippen LogP contribution in [0.3, 0.4) is 0 Å². The lowest BCUT2D eigenvalue weighted by molar-refractivity contribution is 0.497. The Bertz CT molecular complexity index is 1260. The standard InChI is InChI=1S/C29H24N2O/c1-3-9-23(10-4-1)25-16-14-22(15-17-25)8-7-13-28-30-31-29(32-28)27-20-18-26(19-21-27)24-11-5-2-6-12-24/h1-6,9-12,14-21H,7-8,13H2. The monoisotopic (exact) mass is 416 g/mol. The molecule has 0 N–H and O–H groups in total. The first-order valence-corrected chi connectivity index (χ1v) is 11.0. The van der Waals surface area contributed by atoms with E-state index in [9.17, 15) is 0 Å². The first-order chi connectivity index (χ1) is 15.8. The van der Waals surface area contributed by atoms with E-state index in [-0.39, 0.29) is 0 Å². The zero-order valence-electron chi connectivity index (χ0n) is 17.8. The van der Waals surface area contributed by atoms with Gasteiger partial charge < -0.3 is 4.42 Å². The molecule has 1 aromatic heterocycles. The third kappa shape index (κ3) is 4.68. The van der Waals surface area contributed by atoms with Crippen molar-refractivity contribution in [2.75, 3.05) is 0 Å². The van der Waals surface area contributed by atoms with Crippen LogP contribution in [0.25, 0.3) is 33.7 Å². The van der Waals surface area contributed by atoms with Crippen molar-refractivity contribution in [1.29, 1.82) is 0 Å². The van der Waals surface area contributed by atoms with Gasteiger partial charge in [-0.3, -0.25) is 0 Å². The van der Waals surface area contributed by atoms with Gasteiger partial charge in [-0.1, -0.05) is 97.1 Å². The van der Waals surface area contributed by atoms with Crippen molar-refractivity contribution in [1.82, 2.24) is 10.2 Å². The molecule has 0 radical (unpaired) electrons. The van der Waals surface area contributed by atoms with Gasteiger partial charge in [0.15, 0.2) is 0 Å². The molecule has 3 heteroatoms. The van der Waals surface area contributed by atoms with E-state index in [1.165, 1.54) is 27.8 Å². The number of benzene rings is 4. The fraction of sp³-hybridized carbons (Fsp3) is 0.103. The Morgan fingerprint density at radius 1 is 0.469 bits per heavy atom. The number of hydrogen-bond donors (Lipinski definition) is 0. The molecule has 0 amide bonds. The maximum Gasteiger partial charge on any atom is 0.247 e. The van der Waals surface area contributed by atoms with E-state index in [1.54, 1.807) is 0 Å². The van der Waals surface area contributed by atoms with Crippen molar-refractivity contribution in [2.45, 2.75) is 19.3 Å². The zero-order chi connectivity index (χ0) is 21.6. The average Bonchev–Trinajstić information content (AvgIpc) is 3.35. The molecule has 156 valence electrons. The summed E-state index contributed by atoms with van der Waals surface area (Å²) in [6, 6.07) is 37.8. The van der Waals surface area contributed by atoms with Gasteiger partial charge in [-0.2, -0.15) is 0 Å². The van der Waals surface area contributed by atoms with E-state index >= 15 is 0 Å². The first kappa shape index (κ1) is 20.0. The second kappa shape index (κ2) is 9.44. The van der Waals surface area contributed by atoms with Crippen LogP contribution in [0.4, 0.5) is 0 Å². The summed E-state index contributed by atoms with van der Waals surface area (Å²) in [5.74, 6) is 1.26. The minimum atomic E-state index is 0.576. The van der Waals surface area contributed by atoms with Gasteiger partial charge in [0.2, 0.25) is 11.8 Å². The van der Waals surface area contributed by atoms with Gasteiger partial charge in [-0.15, -0.1) is 10.2 Å². The molecule has 0 atom stereocenters. The molecule has 32 heavy (non-hydrogen) atoms. The van der Waals surface area contributed by atoms with Crippen molar-refractivity contribution in [3.05, 3.63) is 121 Å². The molecule has 0 unspecified atom stereocenters. The van der Waals surface area contributed by atoms with Gasteiger partial charge in [0.1, 0.15) is 0 Å². The average molecular weight is 417 g/mol. The molecular formula is C29H24N2O. The largest absolute Gasteiger partial charge is 0.421 e. The Labute approximate surface area is 188 Å². The van der Waals surface area contributed by atoms with Crippen molar-refractivity contribution in [3.63, 3.8) is 0 Å². The van der Waals surface area contributed by atoms with Gasteiger partial charge in [-0.05, 0) is 52.8 Å². The van der Waals surface area contributed by atoms with E-state index in [0.717, 1.165) is 24.8 Å². The van der Waals surface area contributed by atoms with E-state index in [1.807, 2.05) is 36.4 Å². The molecule has 0 fully saturated rings. The highest BCUT2D eigenvalue weighted by Crippen LogP contribution is 2.24. The predicted molar refractivity (Wildman–Crippen MR) is 129 cm³/mol. The van der Waals surface area contributed by atoms with Gasteiger partial charge in [0.05, 0.1) is 0 Å². The fourth-order valence-electron chi connectivity index (χ4n) is 3.85. The molecule has 1 heterocycles. The highest BCUT2D eigenvalue weighted by molar-refractivity contribution is 5.67. The summed E-state index contributed by atoms with van der Waals surface area (Å²) in [7, 11) is 0. The Balaban J connectivity index is 1.17. The van der Waals surface area contributed by atoms with Crippen LogP contribution in [0.1, 0.15) is 17.9 Å². The Morgan fingerprint density at radius 2 is 0.969 bits per heavy atom. The molecule has 0 aliphatic rings. The lowest BCUT2D eigenvalue weighted by atomic mass is 10.0. The molecule has 5 aromatic rings. The minimum absolute atomic E-state index is 0.576. The van der Waals surface area contributed by atoms with Crippen LogP contribution in [-0.2, 0) is 12.8 Å². The van der Waals surface area contributed by atoms with Crippen LogP contribution in [0.2, 0.25) is 0 Å². The Kier molecular flexibility index (Phi) is 5.89. The molecule has 0 saturated heterocycles. The van der Waals surface area contributed by atoms with E-state index in [2.05, 4.69) is 83.0 Å². The lowest BCUT2D eigenvalue weighted by Gasteiger charge is -2.04. The second-order valence-electron chi connectivity index (χ2n) is 7.86. The quantitative estimate of drug-likeness (QED) is 0.280. The SMILES string of the molecule is c1ccc(-c2ccc(CCCc3nnc(-c4ccc(-c5ccccc5)cc4)o3)cc2)cc1. The maximum absolute atomic E-state index is 5.91. The number of rotatable bonds is 7. The van der Waals surface area contributed by atoms with Crippen molar-refractivity contribution in [3.8, 4) is 33.7 Å². The van der Waals surface area contributed by atoms with Gasteiger partial charge in [0.25, 0.3) is 0 Å². The van der Waals surface area contributed by atoms with E-state index in [4.69, 9.17) is 4.42 Å². The highest BCUT2D eigenvalue weighted by Gasteiger charge is 2.09. The maximum atomic E-state index is 5.91. The van der Waals surface area contributed by atoms with Crippen LogP contribution < -0.4 is 0 Å². The molecule has 4 aromatic carbocycles. The van der Waals surface area contributed by atoms with Gasteiger partial charge in [-0.25, -0.2) is 0 Å². The molecule has 5 rings (SSSR count). The predicted octanol–water partition coefficient (Wildman–Crippen LogP) is 7.25. The number of hydrogen-bond acceptors (Lipinski definition) is 3. The molecular weight excluding hydrogens is 392 g/mol. The Morgan fingerprint density at radius 3 is 1.56 bits per heavy atom. The Hall–Kier alpha value is -3.98. The third-order valence-electron chi connectivity index (χ3n) is 5.62. The topological polar surface area (TPSA) is 38.9 Å². The zero-order valence-corrected chi connectivity index (χ0v) is 17.8. The van der Waals surface area contributed by atoms with E-state index < -0.39 is 0 Å². The summed E-state index contributed by atoms with van der Waals surface area (Å²) in [4.78, 5) is 0. The summed E-state index contributed by atoms with van der Waals surface area (Å²) < 4.78 is 5.91. The summed E-state index contributed by atoms with van der Waals surface area (Å²) >= 11 is 0. The first-order valence-electron chi connectivity index (χ1n) is 11.0. The van der Waals surface area contributed by atoms with E-state index in [0.29, 0.717) is 11.8 Å². The van der Waals surface area contributed by atoms with Gasteiger partial charge in [0, 0.05) is 12.0 Å². The molecule has 3 nitrogen and oxygen atoms in total. The summed E-state index contributed by atoms with van der Waals surface area (Å²) in [6.45, 7) is 0. The number of aryl methyl sites for hydroxylation is 2. The fourth-order valence-corrected chi connectivity index (χ4v) is 3.85. The van der Waals surface area contributed by atoms with Crippen molar-refractivity contribution >= 4 is 0 Å². The van der Waals surface area contributed by atoms with Crippen LogP contribution >= 0.6 is 0 Å². The molecule has 0 aliphatic heterocycles. The number of aromatic nitrogens is 2. The van der Waals surface area contributed by atoms with Crippen LogP contribution in [-0.4, -0.2) is 10.2 Å². The second-order valence-corrected chi connectivity index (χ2v) is 7.86. The summed E-state index contributed by atoms with van der Waals surface area (Å²) in [5, 5.41) is 8.48. The molecule has 0 spiro atoms. The smallest absolute Gasteiger partial charge is 0.247 e. The summed E-state index contributed by atoms with van der Waals surface area (Å²) in [6.07, 6.45) is 2.73.